The summed E-state index contributed by atoms with van der Waals surface area (Å²) in [6.45, 7) is 0. The van der Waals surface area contributed by atoms with E-state index in [2.05, 4.69) is 10.3 Å². The lowest BCUT2D eigenvalue weighted by molar-refractivity contribution is -0.383. The van der Waals surface area contributed by atoms with Crippen LogP contribution >= 0.6 is 22.9 Å². The van der Waals surface area contributed by atoms with Crippen LogP contribution in [0, 0.1) is 10.1 Å². The number of carbonyl (C=O) groups excluding carboxylic acids is 1. The van der Waals surface area contributed by atoms with Crippen LogP contribution in [0.4, 0.5) is 11.4 Å². The van der Waals surface area contributed by atoms with Gasteiger partial charge in [0, 0.05) is 33.9 Å². The van der Waals surface area contributed by atoms with Crippen LogP contribution in [0.2, 0.25) is 5.02 Å². The highest BCUT2D eigenvalue weighted by atomic mass is 35.5. The predicted molar refractivity (Wildman–Crippen MR) is 109 cm³/mol. The number of rotatable bonds is 5. The summed E-state index contributed by atoms with van der Waals surface area (Å²) in [5.74, 6) is -0.337. The maximum Gasteiger partial charge on any atom is 0.292 e. The lowest BCUT2D eigenvalue weighted by Crippen LogP contribution is -2.16. The van der Waals surface area contributed by atoms with Gasteiger partial charge in [0.2, 0.25) is 5.91 Å². The van der Waals surface area contributed by atoms with Crippen molar-refractivity contribution in [3.63, 3.8) is 0 Å². The third kappa shape index (κ3) is 3.60. The number of nitro groups is 1. The molecule has 0 aliphatic rings. The van der Waals surface area contributed by atoms with Crippen LogP contribution in [0.15, 0.2) is 60.1 Å². The van der Waals surface area contributed by atoms with Crippen molar-refractivity contribution in [3.8, 4) is 11.3 Å². The van der Waals surface area contributed by atoms with Crippen molar-refractivity contribution >= 4 is 45.2 Å². The molecule has 0 aliphatic heterocycles. The number of carbonyl (C=O) groups is 1. The summed E-state index contributed by atoms with van der Waals surface area (Å²) in [6, 6.07) is 13.4. The molecule has 4 rings (SSSR count). The molecule has 4 aromatic rings. The quantitative estimate of drug-likeness (QED) is 0.376. The Balaban J connectivity index is 1.56. The van der Waals surface area contributed by atoms with Gasteiger partial charge in [0.15, 0.2) is 4.96 Å². The Bertz CT molecular complexity index is 1180. The summed E-state index contributed by atoms with van der Waals surface area (Å²) in [6.07, 6.45) is 1.94. The van der Waals surface area contributed by atoms with E-state index < -0.39 is 4.92 Å². The van der Waals surface area contributed by atoms with Crippen molar-refractivity contribution in [1.82, 2.24) is 9.38 Å². The number of fused-ring (bicyclic) bond motifs is 1. The van der Waals surface area contributed by atoms with Gasteiger partial charge >= 0.3 is 0 Å². The van der Waals surface area contributed by atoms with E-state index in [1.54, 1.807) is 24.3 Å². The molecule has 1 N–H and O–H groups in total. The highest BCUT2D eigenvalue weighted by molar-refractivity contribution is 7.15. The normalized spacial score (nSPS) is 10.9. The van der Waals surface area contributed by atoms with Gasteiger partial charge < -0.3 is 5.32 Å². The Kier molecular flexibility index (Phi) is 4.81. The van der Waals surface area contributed by atoms with Crippen molar-refractivity contribution in [1.29, 1.82) is 0 Å². The first-order valence-electron chi connectivity index (χ1n) is 8.26. The third-order valence-corrected chi connectivity index (χ3v) is 5.28. The number of thiazole rings is 1. The zero-order chi connectivity index (χ0) is 19.7. The molecular formula is C19H13ClN4O3S. The first kappa shape index (κ1) is 18.1. The van der Waals surface area contributed by atoms with Crippen molar-refractivity contribution in [3.05, 3.63) is 80.9 Å². The molecule has 0 atom stereocenters. The number of hydrogen-bond donors (Lipinski definition) is 1. The summed E-state index contributed by atoms with van der Waals surface area (Å²) in [5, 5.41) is 16.2. The summed E-state index contributed by atoms with van der Waals surface area (Å²) in [4.78, 5) is 28.3. The molecule has 0 bridgehead atoms. The first-order chi connectivity index (χ1) is 13.5. The average molecular weight is 413 g/mol. The number of nitro benzene ring substituents is 1. The maximum atomic E-state index is 12.4. The summed E-state index contributed by atoms with van der Waals surface area (Å²) < 4.78 is 1.85. The number of aromatic nitrogens is 2. The molecule has 0 saturated carbocycles. The van der Waals surface area contributed by atoms with Gasteiger partial charge in [-0.25, -0.2) is 4.98 Å². The molecule has 7 nitrogen and oxygen atoms in total. The van der Waals surface area contributed by atoms with E-state index in [9.17, 15) is 14.9 Å². The standard InChI is InChI=1S/C19H13ClN4O3S/c20-13-7-5-12(6-8-13)16-10-23-14(11-28-19(23)22-16)9-18(25)21-15-3-1-2-4-17(15)24(26)27/h1-8,10-11H,9H2,(H,21,25). The smallest absolute Gasteiger partial charge is 0.292 e. The molecule has 0 saturated heterocycles. The van der Waals surface area contributed by atoms with E-state index in [0.717, 1.165) is 21.9 Å². The monoisotopic (exact) mass is 412 g/mol. The van der Waals surface area contributed by atoms with Crippen LogP contribution in [0.25, 0.3) is 16.2 Å². The van der Waals surface area contributed by atoms with Gasteiger partial charge in [-0.3, -0.25) is 19.3 Å². The second kappa shape index (κ2) is 7.41. The minimum absolute atomic E-state index is 0.0719. The first-order valence-corrected chi connectivity index (χ1v) is 9.52. The number of anilines is 1. The molecule has 0 fully saturated rings. The number of imidazole rings is 1. The van der Waals surface area contributed by atoms with E-state index in [1.165, 1.54) is 23.5 Å². The molecule has 1 amide bonds. The Hall–Kier alpha value is -3.23. The van der Waals surface area contributed by atoms with Crippen molar-refractivity contribution < 1.29 is 9.72 Å². The van der Waals surface area contributed by atoms with Crippen molar-refractivity contribution in [2.45, 2.75) is 6.42 Å². The summed E-state index contributed by atoms with van der Waals surface area (Å²) in [7, 11) is 0. The van der Waals surface area contributed by atoms with Crippen molar-refractivity contribution in [2.24, 2.45) is 0 Å². The fourth-order valence-corrected chi connectivity index (χ4v) is 3.81. The minimum atomic E-state index is -0.521. The second-order valence-electron chi connectivity index (χ2n) is 6.01. The van der Waals surface area contributed by atoms with Crippen LogP contribution in [-0.4, -0.2) is 20.2 Å². The number of benzene rings is 2. The highest BCUT2D eigenvalue weighted by Crippen LogP contribution is 2.26. The summed E-state index contributed by atoms with van der Waals surface area (Å²) >= 11 is 7.35. The molecule has 28 heavy (non-hydrogen) atoms. The Morgan fingerprint density at radius 1 is 1.21 bits per heavy atom. The van der Waals surface area contributed by atoms with Gasteiger partial charge in [0.25, 0.3) is 5.69 Å². The van der Waals surface area contributed by atoms with Gasteiger partial charge in [0.1, 0.15) is 5.69 Å². The Morgan fingerprint density at radius 3 is 2.71 bits per heavy atom. The summed E-state index contributed by atoms with van der Waals surface area (Å²) in [5.41, 5.74) is 2.50. The zero-order valence-electron chi connectivity index (χ0n) is 14.3. The molecule has 2 heterocycles. The number of halogens is 1. The fraction of sp³-hybridized carbons (Fsp3) is 0.0526. The molecule has 2 aromatic carbocycles. The SMILES string of the molecule is O=C(Cc1csc2nc(-c3ccc(Cl)cc3)cn12)Nc1ccccc1[N+](=O)[O-]. The van der Waals surface area contributed by atoms with Crippen LogP contribution in [0.1, 0.15) is 5.69 Å². The van der Waals surface area contributed by atoms with Crippen LogP contribution in [-0.2, 0) is 11.2 Å². The molecule has 0 spiro atoms. The minimum Gasteiger partial charge on any atom is -0.320 e. The van der Waals surface area contributed by atoms with Gasteiger partial charge in [0.05, 0.1) is 17.0 Å². The maximum absolute atomic E-state index is 12.4. The van der Waals surface area contributed by atoms with Gasteiger partial charge in [-0.05, 0) is 18.2 Å². The molecular weight excluding hydrogens is 400 g/mol. The van der Waals surface area contributed by atoms with Gasteiger partial charge in [-0.15, -0.1) is 11.3 Å². The number of hydrogen-bond acceptors (Lipinski definition) is 5. The van der Waals surface area contributed by atoms with Crippen molar-refractivity contribution in [2.75, 3.05) is 5.32 Å². The number of amides is 1. The molecule has 0 radical (unpaired) electrons. The highest BCUT2D eigenvalue weighted by Gasteiger charge is 2.17. The molecule has 0 aliphatic carbocycles. The topological polar surface area (TPSA) is 89.5 Å². The number of para-hydroxylation sites is 2. The Morgan fingerprint density at radius 2 is 1.96 bits per heavy atom. The lowest BCUT2D eigenvalue weighted by atomic mass is 10.2. The second-order valence-corrected chi connectivity index (χ2v) is 7.28. The lowest BCUT2D eigenvalue weighted by Gasteiger charge is -2.05. The van der Waals surface area contributed by atoms with Crippen LogP contribution < -0.4 is 5.32 Å². The van der Waals surface area contributed by atoms with Crippen LogP contribution in [0.5, 0.6) is 0 Å². The zero-order valence-corrected chi connectivity index (χ0v) is 15.9. The number of nitrogens with one attached hydrogen (secondary N) is 1. The largest absolute Gasteiger partial charge is 0.320 e. The van der Waals surface area contributed by atoms with Gasteiger partial charge in [-0.1, -0.05) is 35.9 Å². The number of nitrogens with zero attached hydrogens (tertiary/aromatic N) is 3. The molecule has 0 unspecified atom stereocenters. The molecule has 9 heteroatoms. The third-order valence-electron chi connectivity index (χ3n) is 4.14. The molecule has 2 aromatic heterocycles. The fourth-order valence-electron chi connectivity index (χ4n) is 2.81. The van der Waals surface area contributed by atoms with E-state index in [1.807, 2.05) is 28.1 Å². The van der Waals surface area contributed by atoms with E-state index >= 15 is 0 Å². The van der Waals surface area contributed by atoms with E-state index in [0.29, 0.717) is 5.02 Å². The predicted octanol–water partition coefficient (Wildman–Crippen LogP) is 4.81. The van der Waals surface area contributed by atoms with Gasteiger partial charge in [-0.2, -0.15) is 0 Å². The van der Waals surface area contributed by atoms with Crippen LogP contribution in [0.3, 0.4) is 0 Å². The van der Waals surface area contributed by atoms with E-state index in [-0.39, 0.29) is 23.7 Å². The van der Waals surface area contributed by atoms with E-state index in [4.69, 9.17) is 11.6 Å². The molecule has 140 valence electrons. The average Bonchev–Trinajstić information content (AvgIpc) is 3.24. The Labute approximate surface area is 168 Å².